The Bertz CT molecular complexity index is 806. The molecule has 3 heteroatoms. The lowest BCUT2D eigenvalue weighted by atomic mass is 9.75. The van der Waals surface area contributed by atoms with Gasteiger partial charge in [0.1, 0.15) is 5.78 Å². The van der Waals surface area contributed by atoms with Crippen molar-refractivity contribution in [3.63, 3.8) is 0 Å². The highest BCUT2D eigenvalue weighted by molar-refractivity contribution is 6.12. The van der Waals surface area contributed by atoms with Crippen molar-refractivity contribution in [2.45, 2.75) is 32.1 Å². The molecule has 0 radical (unpaired) electrons. The summed E-state index contributed by atoms with van der Waals surface area (Å²) in [5.74, 6) is -0.122. The Hall–Kier alpha value is -2.26. The lowest BCUT2D eigenvalue weighted by Gasteiger charge is -2.33. The van der Waals surface area contributed by atoms with Crippen molar-refractivity contribution in [2.75, 3.05) is 19.6 Å². The number of carbonyl (C=O) groups excluding carboxylic acids is 2. The molecule has 1 saturated heterocycles. The van der Waals surface area contributed by atoms with Crippen molar-refractivity contribution in [3.8, 4) is 0 Å². The van der Waals surface area contributed by atoms with Crippen LogP contribution in [0.15, 0.2) is 54.6 Å². The number of Topliss-reactive ketones (excluding diaryl/α,β-unsaturated/α-hetero) is 2. The van der Waals surface area contributed by atoms with E-state index in [0.717, 1.165) is 56.4 Å². The Kier molecular flexibility index (Phi) is 5.49. The predicted molar refractivity (Wildman–Crippen MR) is 107 cm³/mol. The van der Waals surface area contributed by atoms with E-state index in [1.165, 1.54) is 5.56 Å². The van der Waals surface area contributed by atoms with Crippen LogP contribution in [0.4, 0.5) is 0 Å². The van der Waals surface area contributed by atoms with Gasteiger partial charge in [0.15, 0.2) is 5.78 Å². The fourth-order valence-electron chi connectivity index (χ4n) is 4.53. The van der Waals surface area contributed by atoms with E-state index >= 15 is 0 Å². The number of hydrogen-bond donors (Lipinski definition) is 0. The molecule has 0 bridgehead atoms. The first-order chi connectivity index (χ1) is 13.2. The number of hydrogen-bond acceptors (Lipinski definition) is 3. The van der Waals surface area contributed by atoms with Crippen molar-refractivity contribution in [3.05, 3.63) is 71.3 Å². The molecule has 2 aromatic carbocycles. The third-order valence-electron chi connectivity index (χ3n) is 6.19. The van der Waals surface area contributed by atoms with E-state index in [0.29, 0.717) is 6.42 Å². The van der Waals surface area contributed by atoms with Crippen LogP contribution in [0, 0.1) is 11.8 Å². The highest BCUT2D eigenvalue weighted by Crippen LogP contribution is 2.30. The third kappa shape index (κ3) is 4.03. The van der Waals surface area contributed by atoms with Crippen LogP contribution >= 0.6 is 0 Å². The van der Waals surface area contributed by atoms with E-state index in [1.54, 1.807) is 0 Å². The molecule has 1 aliphatic carbocycles. The zero-order chi connectivity index (χ0) is 18.6. The van der Waals surface area contributed by atoms with E-state index in [4.69, 9.17) is 0 Å². The predicted octanol–water partition coefficient (Wildman–Crippen LogP) is 3.96. The Morgan fingerprint density at radius 1 is 0.926 bits per heavy atom. The number of benzene rings is 2. The van der Waals surface area contributed by atoms with Gasteiger partial charge in [-0.25, -0.2) is 0 Å². The smallest absolute Gasteiger partial charge is 0.173 e. The molecule has 27 heavy (non-hydrogen) atoms. The molecule has 1 unspecified atom stereocenters. The molecular formula is C24H27NO2. The second-order valence-corrected chi connectivity index (χ2v) is 7.87. The zero-order valence-electron chi connectivity index (χ0n) is 15.8. The minimum Gasteiger partial charge on any atom is -0.303 e. The van der Waals surface area contributed by atoms with E-state index in [2.05, 4.69) is 29.2 Å². The van der Waals surface area contributed by atoms with Crippen LogP contribution in [0.5, 0.6) is 0 Å². The first-order valence-corrected chi connectivity index (χ1v) is 10.1. The second-order valence-electron chi connectivity index (χ2n) is 7.87. The van der Waals surface area contributed by atoms with Crippen molar-refractivity contribution >= 4 is 11.6 Å². The van der Waals surface area contributed by atoms with E-state index < -0.39 is 5.92 Å². The molecule has 1 aliphatic heterocycles. The number of likely N-dealkylation sites (tertiary alicyclic amines) is 1. The standard InChI is InChI=1S/C24H27NO2/c26-23(22-11-10-19-8-4-5-9-21(19)24(22)27)20-13-16-25(17-14-20)15-12-18-6-2-1-3-7-18/h1-9,20,22H,10-17H2. The maximum Gasteiger partial charge on any atom is 0.173 e. The van der Waals surface area contributed by atoms with Crippen LogP contribution in [-0.4, -0.2) is 36.1 Å². The summed E-state index contributed by atoms with van der Waals surface area (Å²) in [5.41, 5.74) is 3.23. The van der Waals surface area contributed by atoms with Crippen molar-refractivity contribution in [1.82, 2.24) is 4.90 Å². The van der Waals surface area contributed by atoms with Gasteiger partial charge in [0, 0.05) is 18.0 Å². The molecule has 4 rings (SSSR count). The Morgan fingerprint density at radius 2 is 1.63 bits per heavy atom. The zero-order valence-corrected chi connectivity index (χ0v) is 15.8. The topological polar surface area (TPSA) is 37.4 Å². The molecular weight excluding hydrogens is 334 g/mol. The number of nitrogens with zero attached hydrogens (tertiary/aromatic N) is 1. The molecule has 0 aromatic heterocycles. The Balaban J connectivity index is 1.31. The summed E-state index contributed by atoms with van der Waals surface area (Å²) < 4.78 is 0. The van der Waals surface area contributed by atoms with Gasteiger partial charge in [-0.3, -0.25) is 9.59 Å². The summed E-state index contributed by atoms with van der Waals surface area (Å²) in [6, 6.07) is 18.3. The molecule has 1 heterocycles. The van der Waals surface area contributed by atoms with Gasteiger partial charge >= 0.3 is 0 Å². The average molecular weight is 361 g/mol. The Morgan fingerprint density at radius 3 is 2.41 bits per heavy atom. The highest BCUT2D eigenvalue weighted by Gasteiger charge is 2.37. The van der Waals surface area contributed by atoms with Gasteiger partial charge in [-0.2, -0.15) is 0 Å². The van der Waals surface area contributed by atoms with Gasteiger partial charge in [-0.1, -0.05) is 54.6 Å². The number of fused-ring (bicyclic) bond motifs is 1. The Labute approximate surface area is 161 Å². The SMILES string of the molecule is O=C1c2ccccc2CCC1C(=O)C1CCN(CCc2ccccc2)CC1. The van der Waals surface area contributed by atoms with Crippen LogP contribution in [0.1, 0.15) is 40.7 Å². The fraction of sp³-hybridized carbons (Fsp3) is 0.417. The molecule has 1 fully saturated rings. The van der Waals surface area contributed by atoms with Crippen molar-refractivity contribution in [1.29, 1.82) is 0 Å². The molecule has 1 atom stereocenters. The molecule has 0 amide bonds. The quantitative estimate of drug-likeness (QED) is 0.757. The number of rotatable bonds is 5. The average Bonchev–Trinajstić information content (AvgIpc) is 2.73. The lowest BCUT2D eigenvalue weighted by Crippen LogP contribution is -2.41. The monoisotopic (exact) mass is 361 g/mol. The van der Waals surface area contributed by atoms with Gasteiger partial charge < -0.3 is 4.90 Å². The van der Waals surface area contributed by atoms with Crippen molar-refractivity contribution < 1.29 is 9.59 Å². The van der Waals surface area contributed by atoms with Gasteiger partial charge in [-0.15, -0.1) is 0 Å². The molecule has 0 saturated carbocycles. The molecule has 3 nitrogen and oxygen atoms in total. The molecule has 0 spiro atoms. The van der Waals surface area contributed by atoms with Crippen LogP contribution in [-0.2, 0) is 17.6 Å². The van der Waals surface area contributed by atoms with Gasteiger partial charge in [-0.05, 0) is 56.3 Å². The van der Waals surface area contributed by atoms with Crippen molar-refractivity contribution in [2.24, 2.45) is 11.8 Å². The summed E-state index contributed by atoms with van der Waals surface area (Å²) in [6.07, 6.45) is 4.35. The van der Waals surface area contributed by atoms with E-state index in [1.807, 2.05) is 30.3 Å². The summed E-state index contributed by atoms with van der Waals surface area (Å²) >= 11 is 0. The third-order valence-corrected chi connectivity index (χ3v) is 6.19. The number of carbonyl (C=O) groups is 2. The summed E-state index contributed by atoms with van der Waals surface area (Å²) in [5, 5.41) is 0. The van der Waals surface area contributed by atoms with E-state index in [9.17, 15) is 9.59 Å². The van der Waals surface area contributed by atoms with Crippen LogP contribution in [0.25, 0.3) is 0 Å². The number of aryl methyl sites for hydroxylation is 1. The maximum absolute atomic E-state index is 13.0. The van der Waals surface area contributed by atoms with Gasteiger partial charge in [0.25, 0.3) is 0 Å². The fourth-order valence-corrected chi connectivity index (χ4v) is 4.53. The largest absolute Gasteiger partial charge is 0.303 e. The minimum absolute atomic E-state index is 0.0494. The highest BCUT2D eigenvalue weighted by atomic mass is 16.2. The summed E-state index contributed by atoms with van der Waals surface area (Å²) in [7, 11) is 0. The lowest BCUT2D eigenvalue weighted by molar-refractivity contribution is -0.127. The van der Waals surface area contributed by atoms with E-state index in [-0.39, 0.29) is 17.5 Å². The van der Waals surface area contributed by atoms with Crippen LogP contribution < -0.4 is 0 Å². The summed E-state index contributed by atoms with van der Waals surface area (Å²) in [6.45, 7) is 2.96. The van der Waals surface area contributed by atoms with Gasteiger partial charge in [0.05, 0.1) is 5.92 Å². The first kappa shape index (κ1) is 18.1. The maximum atomic E-state index is 13.0. The minimum atomic E-state index is -0.416. The summed E-state index contributed by atoms with van der Waals surface area (Å²) in [4.78, 5) is 28.3. The normalized spacial score (nSPS) is 21.0. The molecule has 0 N–H and O–H groups in total. The second kappa shape index (κ2) is 8.18. The van der Waals surface area contributed by atoms with Crippen LogP contribution in [0.3, 0.4) is 0 Å². The molecule has 140 valence electrons. The first-order valence-electron chi connectivity index (χ1n) is 10.1. The van der Waals surface area contributed by atoms with Crippen LogP contribution in [0.2, 0.25) is 0 Å². The number of ketones is 2. The molecule has 2 aliphatic rings. The molecule has 2 aromatic rings. The van der Waals surface area contributed by atoms with Gasteiger partial charge in [0.2, 0.25) is 0 Å². The number of piperidine rings is 1.